The van der Waals surface area contributed by atoms with Crippen molar-refractivity contribution in [1.82, 2.24) is 15.4 Å². The maximum absolute atomic E-state index is 11.3. The quantitative estimate of drug-likeness (QED) is 0.478. The van der Waals surface area contributed by atoms with E-state index in [0.717, 1.165) is 0 Å². The van der Waals surface area contributed by atoms with Crippen molar-refractivity contribution in [2.75, 3.05) is 0 Å². The zero-order chi connectivity index (χ0) is 12.3. The third-order valence-corrected chi connectivity index (χ3v) is 2.48. The lowest BCUT2D eigenvalue weighted by Crippen LogP contribution is -2.30. The summed E-state index contributed by atoms with van der Waals surface area (Å²) in [4.78, 5) is 19.4. The van der Waals surface area contributed by atoms with Crippen molar-refractivity contribution in [3.63, 3.8) is 0 Å². The molecular weight excluding hydrogens is 240 g/mol. The van der Waals surface area contributed by atoms with Crippen LogP contribution in [0.3, 0.4) is 0 Å². The molecule has 0 atom stereocenters. The van der Waals surface area contributed by atoms with Crippen molar-refractivity contribution >= 4 is 17.5 Å². The molecule has 0 unspecified atom stereocenters. The number of hydrazine groups is 1. The van der Waals surface area contributed by atoms with Gasteiger partial charge in [0, 0.05) is 5.56 Å². The number of nitrogens with zero attached hydrogens (tertiary/aromatic N) is 2. The molecule has 1 aromatic heterocycles. The van der Waals surface area contributed by atoms with Crippen LogP contribution in [0.15, 0.2) is 36.7 Å². The van der Waals surface area contributed by atoms with E-state index in [1.807, 2.05) is 17.6 Å². The Labute approximate surface area is 103 Å². The first kappa shape index (κ1) is 11.5. The minimum absolute atomic E-state index is 0.143. The van der Waals surface area contributed by atoms with Gasteiger partial charge in [-0.05, 0) is 6.07 Å². The van der Waals surface area contributed by atoms with Gasteiger partial charge in [-0.25, -0.2) is 10.8 Å². The number of hydrogen-bond donors (Lipinski definition) is 2. The lowest BCUT2D eigenvalue weighted by Gasteiger charge is -2.04. The van der Waals surface area contributed by atoms with Gasteiger partial charge in [-0.2, -0.15) is 0 Å². The molecule has 5 nitrogen and oxygen atoms in total. The molecule has 0 aliphatic heterocycles. The maximum atomic E-state index is 11.3. The van der Waals surface area contributed by atoms with Crippen LogP contribution in [-0.2, 0) is 0 Å². The molecule has 0 spiro atoms. The molecule has 3 N–H and O–H groups in total. The molecule has 2 aromatic rings. The normalized spacial score (nSPS) is 10.0. The van der Waals surface area contributed by atoms with Crippen LogP contribution < -0.4 is 11.3 Å². The van der Waals surface area contributed by atoms with Gasteiger partial charge in [0.2, 0.25) is 0 Å². The maximum Gasteiger partial charge on any atom is 0.285 e. The summed E-state index contributed by atoms with van der Waals surface area (Å²) in [6.45, 7) is 0. The summed E-state index contributed by atoms with van der Waals surface area (Å²) in [7, 11) is 0. The minimum atomic E-state index is -0.494. The molecule has 6 heteroatoms. The van der Waals surface area contributed by atoms with Gasteiger partial charge in [0.1, 0.15) is 5.69 Å². The second-order valence-electron chi connectivity index (χ2n) is 3.24. The van der Waals surface area contributed by atoms with Gasteiger partial charge in [0.15, 0.2) is 0 Å². The molecule has 2 rings (SSSR count). The summed E-state index contributed by atoms with van der Waals surface area (Å²) in [6.07, 6.45) is 2.87. The van der Waals surface area contributed by atoms with Gasteiger partial charge in [-0.3, -0.25) is 15.2 Å². The van der Waals surface area contributed by atoms with E-state index in [4.69, 9.17) is 17.4 Å². The molecule has 0 fully saturated rings. The van der Waals surface area contributed by atoms with Gasteiger partial charge < -0.3 is 0 Å². The van der Waals surface area contributed by atoms with Gasteiger partial charge >= 0.3 is 0 Å². The number of halogens is 1. The highest BCUT2D eigenvalue weighted by Gasteiger charge is 2.09. The van der Waals surface area contributed by atoms with E-state index in [1.54, 1.807) is 12.1 Å². The fraction of sp³-hybridized carbons (Fsp3) is 0. The zero-order valence-electron chi connectivity index (χ0n) is 8.72. The molecule has 1 heterocycles. The van der Waals surface area contributed by atoms with Crippen LogP contribution >= 0.6 is 11.6 Å². The molecule has 1 amide bonds. The molecule has 0 bridgehead atoms. The number of rotatable bonds is 2. The Kier molecular flexibility index (Phi) is 3.32. The summed E-state index contributed by atoms with van der Waals surface area (Å²) < 4.78 is 0. The van der Waals surface area contributed by atoms with Crippen LogP contribution in [0.4, 0.5) is 0 Å². The summed E-state index contributed by atoms with van der Waals surface area (Å²) in [5.74, 6) is 4.54. The molecular formula is C11H9ClN4O. The SMILES string of the molecule is NNC(=O)c1cncc(-c2ccccc2Cl)n1. The van der Waals surface area contributed by atoms with Crippen molar-refractivity contribution in [3.8, 4) is 11.3 Å². The van der Waals surface area contributed by atoms with Crippen LogP contribution in [0.1, 0.15) is 10.5 Å². The van der Waals surface area contributed by atoms with Crippen LogP contribution in [0.25, 0.3) is 11.3 Å². The van der Waals surface area contributed by atoms with Crippen LogP contribution in [0, 0.1) is 0 Å². The second-order valence-corrected chi connectivity index (χ2v) is 3.65. The topological polar surface area (TPSA) is 80.9 Å². The molecule has 0 aliphatic carbocycles. The average molecular weight is 249 g/mol. The number of hydrogen-bond acceptors (Lipinski definition) is 4. The van der Waals surface area contributed by atoms with E-state index in [0.29, 0.717) is 16.3 Å². The van der Waals surface area contributed by atoms with E-state index in [9.17, 15) is 4.79 Å². The molecule has 1 aromatic carbocycles. The summed E-state index contributed by atoms with van der Waals surface area (Å²) >= 11 is 6.03. The number of nitrogens with two attached hydrogens (primary N) is 1. The Balaban J connectivity index is 2.47. The second kappa shape index (κ2) is 4.90. The number of benzene rings is 1. The van der Waals surface area contributed by atoms with E-state index in [1.165, 1.54) is 12.4 Å². The van der Waals surface area contributed by atoms with Gasteiger partial charge in [-0.1, -0.05) is 29.8 Å². The lowest BCUT2D eigenvalue weighted by molar-refractivity contribution is 0.0948. The molecule has 0 aliphatic rings. The Morgan fingerprint density at radius 1 is 1.29 bits per heavy atom. The fourth-order valence-electron chi connectivity index (χ4n) is 1.35. The van der Waals surface area contributed by atoms with Gasteiger partial charge in [-0.15, -0.1) is 0 Å². The van der Waals surface area contributed by atoms with E-state index < -0.39 is 5.91 Å². The summed E-state index contributed by atoms with van der Waals surface area (Å²) in [6, 6.07) is 7.19. The van der Waals surface area contributed by atoms with Crippen LogP contribution in [0.5, 0.6) is 0 Å². The monoisotopic (exact) mass is 248 g/mol. The van der Waals surface area contributed by atoms with Crippen molar-refractivity contribution < 1.29 is 4.79 Å². The lowest BCUT2D eigenvalue weighted by atomic mass is 10.1. The molecule has 17 heavy (non-hydrogen) atoms. The van der Waals surface area contributed by atoms with Crippen molar-refractivity contribution in [2.24, 2.45) is 5.84 Å². The highest BCUT2D eigenvalue weighted by molar-refractivity contribution is 6.33. The standard InChI is InChI=1S/C11H9ClN4O/c12-8-4-2-1-3-7(8)9-5-14-6-10(15-9)11(17)16-13/h1-6H,13H2,(H,16,17). The first-order valence-corrected chi connectivity index (χ1v) is 5.18. The van der Waals surface area contributed by atoms with E-state index >= 15 is 0 Å². The summed E-state index contributed by atoms with van der Waals surface area (Å²) in [5.41, 5.74) is 3.38. The molecule has 86 valence electrons. The Morgan fingerprint density at radius 2 is 2.06 bits per heavy atom. The molecule has 0 saturated heterocycles. The largest absolute Gasteiger partial charge is 0.289 e. The van der Waals surface area contributed by atoms with Crippen LogP contribution in [-0.4, -0.2) is 15.9 Å². The van der Waals surface area contributed by atoms with E-state index in [2.05, 4.69) is 9.97 Å². The van der Waals surface area contributed by atoms with Gasteiger partial charge in [0.05, 0.1) is 23.1 Å². The fourth-order valence-corrected chi connectivity index (χ4v) is 1.58. The molecule has 0 saturated carbocycles. The number of aromatic nitrogens is 2. The highest BCUT2D eigenvalue weighted by Crippen LogP contribution is 2.25. The van der Waals surface area contributed by atoms with Gasteiger partial charge in [0.25, 0.3) is 5.91 Å². The first-order valence-electron chi connectivity index (χ1n) is 4.80. The number of amides is 1. The number of nitrogen functional groups attached to an aromatic ring is 1. The minimum Gasteiger partial charge on any atom is -0.289 e. The predicted octanol–water partition coefficient (Wildman–Crippen LogP) is 1.40. The third-order valence-electron chi connectivity index (χ3n) is 2.15. The Bertz CT molecular complexity index is 559. The first-order chi connectivity index (χ1) is 8.22. The highest BCUT2D eigenvalue weighted by atomic mass is 35.5. The Hall–Kier alpha value is -1.98. The van der Waals surface area contributed by atoms with E-state index in [-0.39, 0.29) is 5.69 Å². The zero-order valence-corrected chi connectivity index (χ0v) is 9.48. The molecule has 0 radical (unpaired) electrons. The average Bonchev–Trinajstić information content (AvgIpc) is 2.38. The van der Waals surface area contributed by atoms with Crippen LogP contribution in [0.2, 0.25) is 5.02 Å². The predicted molar refractivity (Wildman–Crippen MR) is 64.1 cm³/mol. The van der Waals surface area contributed by atoms with Crippen molar-refractivity contribution in [1.29, 1.82) is 0 Å². The Morgan fingerprint density at radius 3 is 2.76 bits per heavy atom. The smallest absolute Gasteiger partial charge is 0.285 e. The number of nitrogens with one attached hydrogen (secondary N) is 1. The third kappa shape index (κ3) is 2.41. The number of carbonyl (C=O) groups excluding carboxylic acids is 1. The number of carbonyl (C=O) groups is 1. The van der Waals surface area contributed by atoms with Crippen molar-refractivity contribution in [2.45, 2.75) is 0 Å². The van der Waals surface area contributed by atoms with Crippen molar-refractivity contribution in [3.05, 3.63) is 47.4 Å². The summed E-state index contributed by atoms with van der Waals surface area (Å²) in [5, 5.41) is 0.548.